The van der Waals surface area contributed by atoms with Crippen LogP contribution in [0, 0.1) is 5.92 Å². The maximum Gasteiger partial charge on any atom is 0.319 e. The highest BCUT2D eigenvalue weighted by Crippen LogP contribution is 2.26. The van der Waals surface area contributed by atoms with E-state index in [0.29, 0.717) is 43.1 Å². The van der Waals surface area contributed by atoms with E-state index in [4.69, 9.17) is 4.74 Å². The number of H-pyrrole nitrogens is 1. The highest BCUT2D eigenvalue weighted by molar-refractivity contribution is 5.89. The lowest BCUT2D eigenvalue weighted by atomic mass is 9.88. The van der Waals surface area contributed by atoms with Gasteiger partial charge in [0.1, 0.15) is 5.82 Å². The minimum atomic E-state index is -0.286. The van der Waals surface area contributed by atoms with Gasteiger partial charge in [0, 0.05) is 29.6 Å². The van der Waals surface area contributed by atoms with Gasteiger partial charge in [-0.3, -0.25) is 4.79 Å². The quantitative estimate of drug-likeness (QED) is 0.620. The van der Waals surface area contributed by atoms with Gasteiger partial charge < -0.3 is 20.4 Å². The van der Waals surface area contributed by atoms with E-state index in [1.807, 2.05) is 19.1 Å². The second kappa shape index (κ2) is 10.2. The van der Waals surface area contributed by atoms with Crippen LogP contribution in [0.1, 0.15) is 45.2 Å². The largest absolute Gasteiger partial charge is 0.376 e. The van der Waals surface area contributed by atoms with Crippen LogP contribution in [-0.4, -0.2) is 35.3 Å². The van der Waals surface area contributed by atoms with Crippen LogP contribution in [-0.2, 0) is 11.2 Å². The van der Waals surface area contributed by atoms with Crippen molar-refractivity contribution in [3.63, 3.8) is 0 Å². The lowest BCUT2D eigenvalue weighted by Crippen LogP contribution is -2.34. The van der Waals surface area contributed by atoms with Crippen molar-refractivity contribution < 1.29 is 9.53 Å². The van der Waals surface area contributed by atoms with Crippen molar-refractivity contribution in [2.75, 3.05) is 18.5 Å². The predicted octanol–water partition coefficient (Wildman–Crippen LogP) is 3.72. The summed E-state index contributed by atoms with van der Waals surface area (Å²) in [4.78, 5) is 31.2. The molecular weight excluding hydrogens is 368 g/mol. The van der Waals surface area contributed by atoms with E-state index in [9.17, 15) is 9.59 Å². The molecule has 3 rings (SSSR count). The molecule has 2 atom stereocenters. The van der Waals surface area contributed by atoms with Crippen LogP contribution in [0.4, 0.5) is 10.5 Å². The smallest absolute Gasteiger partial charge is 0.319 e. The van der Waals surface area contributed by atoms with Crippen LogP contribution in [0.3, 0.4) is 0 Å². The number of urea groups is 1. The van der Waals surface area contributed by atoms with Gasteiger partial charge in [0.2, 0.25) is 0 Å². The molecule has 0 radical (unpaired) electrons. The minimum Gasteiger partial charge on any atom is -0.376 e. The number of carbonyl (C=O) groups excluding carboxylic acids is 1. The molecule has 1 fully saturated rings. The second-order valence-corrected chi connectivity index (χ2v) is 7.57. The van der Waals surface area contributed by atoms with Crippen LogP contribution in [0.25, 0.3) is 11.4 Å². The number of anilines is 1. The molecule has 1 aliphatic rings. The molecule has 7 nitrogen and oxygen atoms in total. The Morgan fingerprint density at radius 1 is 1.28 bits per heavy atom. The number of aromatic nitrogens is 2. The predicted molar refractivity (Wildman–Crippen MR) is 114 cm³/mol. The Bertz CT molecular complexity index is 880. The fourth-order valence-electron chi connectivity index (χ4n) is 3.65. The van der Waals surface area contributed by atoms with Crippen LogP contribution in [0.15, 0.2) is 35.1 Å². The van der Waals surface area contributed by atoms with Crippen molar-refractivity contribution >= 4 is 11.7 Å². The Kier molecular flexibility index (Phi) is 7.41. The van der Waals surface area contributed by atoms with Gasteiger partial charge in [-0.1, -0.05) is 38.8 Å². The van der Waals surface area contributed by atoms with Gasteiger partial charge in [-0.2, -0.15) is 0 Å². The minimum absolute atomic E-state index is 0.185. The summed E-state index contributed by atoms with van der Waals surface area (Å²) >= 11 is 0. The van der Waals surface area contributed by atoms with Gasteiger partial charge in [0.25, 0.3) is 5.56 Å². The Labute approximate surface area is 171 Å². The summed E-state index contributed by atoms with van der Waals surface area (Å²) in [5.41, 5.74) is 1.92. The number of hydrogen-bond donors (Lipinski definition) is 3. The molecule has 0 aliphatic heterocycles. The first-order valence-electron chi connectivity index (χ1n) is 10.4. The van der Waals surface area contributed by atoms with Crippen molar-refractivity contribution in [1.82, 2.24) is 15.3 Å². The summed E-state index contributed by atoms with van der Waals surface area (Å²) < 4.78 is 5.92. The average Bonchev–Trinajstić information content (AvgIpc) is 2.72. The van der Waals surface area contributed by atoms with Crippen LogP contribution >= 0.6 is 0 Å². The average molecular weight is 399 g/mol. The van der Waals surface area contributed by atoms with E-state index in [-0.39, 0.29) is 11.6 Å². The molecule has 2 aromatic rings. The Balaban J connectivity index is 1.51. The highest BCUT2D eigenvalue weighted by Gasteiger charge is 2.21. The zero-order valence-electron chi connectivity index (χ0n) is 17.2. The number of carbonyl (C=O) groups is 1. The van der Waals surface area contributed by atoms with Crippen LogP contribution in [0.2, 0.25) is 0 Å². The number of rotatable bonds is 7. The van der Waals surface area contributed by atoms with Gasteiger partial charge in [-0.25, -0.2) is 9.78 Å². The summed E-state index contributed by atoms with van der Waals surface area (Å²) in [6.07, 6.45) is 5.82. The SMILES string of the molecule is CCc1cc(=O)[nH]c(-c2cccc(NC(=O)NCCOC3CCCCC3C)c2)n1. The summed E-state index contributed by atoms with van der Waals surface area (Å²) in [5, 5.41) is 5.64. The Morgan fingerprint density at radius 2 is 2.10 bits per heavy atom. The topological polar surface area (TPSA) is 96.1 Å². The highest BCUT2D eigenvalue weighted by atomic mass is 16.5. The maximum absolute atomic E-state index is 12.2. The number of nitrogens with zero attached hydrogens (tertiary/aromatic N) is 1. The molecule has 0 bridgehead atoms. The lowest BCUT2D eigenvalue weighted by Gasteiger charge is -2.28. The standard InChI is InChI=1S/C22H30N4O3/c1-3-17-14-20(27)26-21(24-17)16-8-6-9-18(13-16)25-22(28)23-11-12-29-19-10-5-4-7-15(19)2/h6,8-9,13-15,19H,3-5,7,10-12H2,1-2H3,(H2,23,25,28)(H,24,26,27). The third-order valence-electron chi connectivity index (χ3n) is 5.30. The Morgan fingerprint density at radius 3 is 2.90 bits per heavy atom. The van der Waals surface area contributed by atoms with Gasteiger partial charge in [-0.05, 0) is 37.3 Å². The van der Waals surface area contributed by atoms with Crippen molar-refractivity contribution in [3.8, 4) is 11.4 Å². The van der Waals surface area contributed by atoms with E-state index in [1.165, 1.54) is 25.3 Å². The number of nitrogens with one attached hydrogen (secondary N) is 3. The summed E-state index contributed by atoms with van der Waals surface area (Å²) in [7, 11) is 0. The molecule has 29 heavy (non-hydrogen) atoms. The maximum atomic E-state index is 12.2. The molecular formula is C22H30N4O3. The molecule has 7 heteroatoms. The molecule has 2 amide bonds. The Hall–Kier alpha value is -2.67. The van der Waals surface area contributed by atoms with Crippen molar-refractivity contribution in [2.45, 2.75) is 52.1 Å². The molecule has 1 heterocycles. The molecule has 0 saturated heterocycles. The summed E-state index contributed by atoms with van der Waals surface area (Å²) in [5.74, 6) is 1.08. The fourth-order valence-corrected chi connectivity index (χ4v) is 3.65. The number of hydrogen-bond acceptors (Lipinski definition) is 4. The monoisotopic (exact) mass is 398 g/mol. The van der Waals surface area contributed by atoms with Gasteiger partial charge in [-0.15, -0.1) is 0 Å². The molecule has 156 valence electrons. The van der Waals surface area contributed by atoms with Gasteiger partial charge >= 0.3 is 6.03 Å². The number of aryl methyl sites for hydroxylation is 1. The number of ether oxygens (including phenoxy) is 1. The van der Waals surface area contributed by atoms with Crippen molar-refractivity contribution in [1.29, 1.82) is 0 Å². The first-order chi connectivity index (χ1) is 14.0. The van der Waals surface area contributed by atoms with E-state index >= 15 is 0 Å². The number of benzene rings is 1. The zero-order valence-corrected chi connectivity index (χ0v) is 17.2. The second-order valence-electron chi connectivity index (χ2n) is 7.57. The summed E-state index contributed by atoms with van der Waals surface area (Å²) in [6.45, 7) is 5.15. The van der Waals surface area contributed by atoms with Crippen LogP contribution < -0.4 is 16.2 Å². The number of aromatic amines is 1. The van der Waals surface area contributed by atoms with Crippen molar-refractivity contribution in [2.24, 2.45) is 5.92 Å². The van der Waals surface area contributed by atoms with E-state index in [1.54, 1.807) is 12.1 Å². The zero-order chi connectivity index (χ0) is 20.6. The molecule has 2 unspecified atom stereocenters. The number of amides is 2. The van der Waals surface area contributed by atoms with Crippen LogP contribution in [0.5, 0.6) is 0 Å². The third-order valence-corrected chi connectivity index (χ3v) is 5.30. The van der Waals surface area contributed by atoms with Crippen molar-refractivity contribution in [3.05, 3.63) is 46.4 Å². The summed E-state index contributed by atoms with van der Waals surface area (Å²) in [6, 6.07) is 8.46. The third kappa shape index (κ3) is 6.15. The molecule has 3 N–H and O–H groups in total. The van der Waals surface area contributed by atoms with E-state index in [2.05, 4.69) is 27.5 Å². The van der Waals surface area contributed by atoms with Gasteiger partial charge in [0.05, 0.1) is 12.7 Å². The first-order valence-corrected chi connectivity index (χ1v) is 10.4. The molecule has 1 aromatic carbocycles. The molecule has 0 spiro atoms. The van der Waals surface area contributed by atoms with Gasteiger partial charge in [0.15, 0.2) is 0 Å². The lowest BCUT2D eigenvalue weighted by molar-refractivity contribution is -0.00232. The molecule has 1 aromatic heterocycles. The molecule has 1 saturated carbocycles. The normalized spacial score (nSPS) is 19.0. The van der Waals surface area contributed by atoms with E-state index in [0.717, 1.165) is 17.7 Å². The fraction of sp³-hybridized carbons (Fsp3) is 0.500. The van der Waals surface area contributed by atoms with E-state index < -0.39 is 0 Å². The molecule has 1 aliphatic carbocycles. The first kappa shape index (κ1) is 21.0.